The number of aryl methyl sites for hydroxylation is 2. The third-order valence-electron chi connectivity index (χ3n) is 8.08. The van der Waals surface area contributed by atoms with E-state index in [9.17, 15) is 14.7 Å². The highest BCUT2D eigenvalue weighted by Crippen LogP contribution is 2.39. The van der Waals surface area contributed by atoms with Gasteiger partial charge in [0.15, 0.2) is 0 Å². The lowest BCUT2D eigenvalue weighted by molar-refractivity contribution is -0.165. The van der Waals surface area contributed by atoms with Crippen LogP contribution in [0, 0.1) is 19.8 Å². The maximum absolute atomic E-state index is 13.7. The molecule has 0 aliphatic carbocycles. The number of aliphatic hydroxyl groups is 1. The Bertz CT molecular complexity index is 1040. The van der Waals surface area contributed by atoms with Crippen molar-refractivity contribution in [2.75, 3.05) is 19.6 Å². The molecule has 2 aliphatic heterocycles. The van der Waals surface area contributed by atoms with Crippen molar-refractivity contribution in [3.63, 3.8) is 0 Å². The van der Waals surface area contributed by atoms with Gasteiger partial charge >= 0.3 is 0 Å². The van der Waals surface area contributed by atoms with E-state index in [-0.39, 0.29) is 23.8 Å². The standard InChI is InChI=1S/C28H41N5O3/c1-6-7-15-33-26(35)23(25(34)18(2)3)29-27(36)28(33)13-16-32(17-14-28)24(21-11-9-8-10-12-21)22-19(4)30-31-20(22)5/h8-12,18,23-25,34H,6-7,13-17H2,1-5H3,(H,29,36)(H,30,31)/t23-,24?,25+/m1/s1. The Morgan fingerprint density at radius 3 is 2.36 bits per heavy atom. The summed E-state index contributed by atoms with van der Waals surface area (Å²) in [6, 6.07) is 9.55. The minimum atomic E-state index is -0.905. The molecule has 8 nitrogen and oxygen atoms in total. The van der Waals surface area contributed by atoms with Crippen LogP contribution < -0.4 is 5.32 Å². The Balaban J connectivity index is 1.63. The van der Waals surface area contributed by atoms with E-state index in [1.807, 2.05) is 26.8 Å². The number of carbonyl (C=O) groups excluding carboxylic acids is 2. The summed E-state index contributed by atoms with van der Waals surface area (Å²) in [7, 11) is 0. The molecule has 1 unspecified atom stereocenters. The zero-order chi connectivity index (χ0) is 26.0. The van der Waals surface area contributed by atoms with E-state index in [0.717, 1.165) is 24.2 Å². The van der Waals surface area contributed by atoms with Crippen molar-refractivity contribution in [1.29, 1.82) is 0 Å². The van der Waals surface area contributed by atoms with Crippen molar-refractivity contribution in [2.24, 2.45) is 5.92 Å². The molecule has 1 spiro atoms. The highest BCUT2D eigenvalue weighted by Gasteiger charge is 2.55. The van der Waals surface area contributed by atoms with Gasteiger partial charge in [-0.05, 0) is 44.6 Å². The van der Waals surface area contributed by atoms with Gasteiger partial charge in [-0.25, -0.2) is 0 Å². The second-order valence-corrected chi connectivity index (χ2v) is 10.8. The fourth-order valence-corrected chi connectivity index (χ4v) is 5.90. The van der Waals surface area contributed by atoms with Gasteiger partial charge in [-0.2, -0.15) is 5.10 Å². The predicted octanol–water partition coefficient (Wildman–Crippen LogP) is 3.09. The van der Waals surface area contributed by atoms with E-state index in [1.54, 1.807) is 4.90 Å². The molecular formula is C28H41N5O3. The average Bonchev–Trinajstić information content (AvgIpc) is 3.20. The van der Waals surface area contributed by atoms with Crippen LogP contribution in [0.3, 0.4) is 0 Å². The molecule has 4 rings (SSSR count). The SMILES string of the molecule is CCCCN1C(=O)[C@@H]([C@@H](O)C(C)C)NC(=O)C12CCN(C(c1ccccc1)c1c(C)n[nH]c1C)CC2. The zero-order valence-electron chi connectivity index (χ0n) is 22.3. The molecule has 0 radical (unpaired) electrons. The van der Waals surface area contributed by atoms with Crippen LogP contribution in [0.15, 0.2) is 30.3 Å². The van der Waals surface area contributed by atoms with Crippen LogP contribution in [-0.4, -0.2) is 74.2 Å². The monoisotopic (exact) mass is 495 g/mol. The van der Waals surface area contributed by atoms with Crippen molar-refractivity contribution >= 4 is 11.8 Å². The van der Waals surface area contributed by atoms with Crippen molar-refractivity contribution in [3.8, 4) is 0 Å². The molecular weight excluding hydrogens is 454 g/mol. The first-order chi connectivity index (χ1) is 17.2. The number of benzene rings is 1. The van der Waals surface area contributed by atoms with Gasteiger partial charge in [0.25, 0.3) is 0 Å². The van der Waals surface area contributed by atoms with Crippen LogP contribution in [0.4, 0.5) is 0 Å². The van der Waals surface area contributed by atoms with Gasteiger partial charge < -0.3 is 15.3 Å². The molecule has 1 aromatic heterocycles. The van der Waals surface area contributed by atoms with Crippen molar-refractivity contribution in [2.45, 2.75) is 84.0 Å². The number of nitrogens with zero attached hydrogens (tertiary/aromatic N) is 3. The Labute approximate surface area is 214 Å². The van der Waals surface area contributed by atoms with Crippen LogP contribution in [0.2, 0.25) is 0 Å². The number of amides is 2. The molecule has 196 valence electrons. The number of aromatic amines is 1. The topological polar surface area (TPSA) is 102 Å². The van der Waals surface area contributed by atoms with Crippen molar-refractivity contribution < 1.29 is 14.7 Å². The van der Waals surface area contributed by atoms with E-state index >= 15 is 0 Å². The summed E-state index contributed by atoms with van der Waals surface area (Å²) in [4.78, 5) is 31.5. The smallest absolute Gasteiger partial charge is 0.248 e. The number of piperazine rings is 1. The van der Waals surface area contributed by atoms with E-state index in [0.29, 0.717) is 32.5 Å². The predicted molar refractivity (Wildman–Crippen MR) is 139 cm³/mol. The molecule has 3 atom stereocenters. The first kappa shape index (κ1) is 26.4. The third kappa shape index (κ3) is 4.68. The lowest BCUT2D eigenvalue weighted by Gasteiger charge is -2.53. The summed E-state index contributed by atoms with van der Waals surface area (Å²) in [5.41, 5.74) is 3.50. The fourth-order valence-electron chi connectivity index (χ4n) is 5.90. The number of unbranched alkanes of at least 4 members (excludes halogenated alkanes) is 1. The number of rotatable bonds is 8. The van der Waals surface area contributed by atoms with Gasteiger partial charge in [-0.15, -0.1) is 0 Å². The molecule has 2 amide bonds. The minimum absolute atomic E-state index is 0.0178. The Morgan fingerprint density at radius 1 is 1.14 bits per heavy atom. The number of nitrogens with one attached hydrogen (secondary N) is 2. The number of aromatic nitrogens is 2. The highest BCUT2D eigenvalue weighted by atomic mass is 16.3. The number of hydrogen-bond donors (Lipinski definition) is 3. The fraction of sp³-hybridized carbons (Fsp3) is 0.607. The summed E-state index contributed by atoms with van der Waals surface area (Å²) in [5.74, 6) is -0.412. The van der Waals surface area contributed by atoms with Gasteiger partial charge in [0, 0.05) is 30.9 Å². The molecule has 0 saturated carbocycles. The molecule has 1 aromatic carbocycles. The Hall–Kier alpha value is -2.71. The number of aliphatic hydroxyl groups excluding tert-OH is 1. The van der Waals surface area contributed by atoms with Crippen LogP contribution >= 0.6 is 0 Å². The third-order valence-corrected chi connectivity index (χ3v) is 8.08. The molecule has 8 heteroatoms. The number of H-pyrrole nitrogens is 1. The molecule has 2 saturated heterocycles. The Kier molecular flexibility index (Phi) is 7.85. The van der Waals surface area contributed by atoms with E-state index in [4.69, 9.17) is 0 Å². The number of piperidine rings is 1. The Morgan fingerprint density at radius 2 is 1.81 bits per heavy atom. The highest BCUT2D eigenvalue weighted by molar-refractivity contribution is 6.00. The summed E-state index contributed by atoms with van der Waals surface area (Å²) in [6.07, 6.45) is 1.96. The molecule has 36 heavy (non-hydrogen) atoms. The van der Waals surface area contributed by atoms with Crippen LogP contribution in [0.25, 0.3) is 0 Å². The summed E-state index contributed by atoms with van der Waals surface area (Å²) in [5, 5.41) is 21.2. The minimum Gasteiger partial charge on any atom is -0.390 e. The lowest BCUT2D eigenvalue weighted by atomic mass is 9.79. The van der Waals surface area contributed by atoms with Gasteiger partial charge in [-0.3, -0.25) is 19.6 Å². The van der Waals surface area contributed by atoms with Crippen LogP contribution in [0.1, 0.15) is 75.0 Å². The van der Waals surface area contributed by atoms with E-state index in [1.165, 1.54) is 11.1 Å². The molecule has 2 fully saturated rings. The van der Waals surface area contributed by atoms with Crippen molar-refractivity contribution in [1.82, 2.24) is 25.3 Å². The lowest BCUT2D eigenvalue weighted by Crippen LogP contribution is -2.75. The second-order valence-electron chi connectivity index (χ2n) is 10.8. The average molecular weight is 496 g/mol. The first-order valence-corrected chi connectivity index (χ1v) is 13.3. The maximum atomic E-state index is 13.7. The molecule has 0 bridgehead atoms. The maximum Gasteiger partial charge on any atom is 0.248 e. The summed E-state index contributed by atoms with van der Waals surface area (Å²) < 4.78 is 0. The first-order valence-electron chi connectivity index (χ1n) is 13.3. The molecule has 3 N–H and O–H groups in total. The molecule has 3 heterocycles. The number of likely N-dealkylation sites (tertiary alicyclic amines) is 1. The second kappa shape index (κ2) is 10.7. The number of hydrogen-bond acceptors (Lipinski definition) is 5. The quantitative estimate of drug-likeness (QED) is 0.522. The largest absolute Gasteiger partial charge is 0.390 e. The summed E-state index contributed by atoms with van der Waals surface area (Å²) in [6.45, 7) is 11.8. The van der Waals surface area contributed by atoms with Gasteiger partial charge in [-0.1, -0.05) is 57.5 Å². The normalized spacial score (nSPS) is 22.2. The van der Waals surface area contributed by atoms with Crippen molar-refractivity contribution in [3.05, 3.63) is 52.8 Å². The van der Waals surface area contributed by atoms with Gasteiger partial charge in [0.1, 0.15) is 11.6 Å². The van der Waals surface area contributed by atoms with Gasteiger partial charge in [0.05, 0.1) is 17.8 Å². The summed E-state index contributed by atoms with van der Waals surface area (Å²) >= 11 is 0. The number of carbonyl (C=O) groups is 2. The zero-order valence-corrected chi connectivity index (χ0v) is 22.3. The van der Waals surface area contributed by atoms with E-state index in [2.05, 4.69) is 58.5 Å². The van der Waals surface area contributed by atoms with E-state index < -0.39 is 17.7 Å². The van der Waals surface area contributed by atoms with Crippen LogP contribution in [-0.2, 0) is 9.59 Å². The molecule has 2 aromatic rings. The van der Waals surface area contributed by atoms with Gasteiger partial charge in [0.2, 0.25) is 11.8 Å². The van der Waals surface area contributed by atoms with Crippen LogP contribution in [0.5, 0.6) is 0 Å². The molecule has 2 aliphatic rings.